The second-order valence-electron chi connectivity index (χ2n) is 11.4. The van der Waals surface area contributed by atoms with Crippen molar-refractivity contribution in [2.45, 2.75) is 72.1 Å². The third-order valence-corrected chi connectivity index (χ3v) is 6.57. The molecular weight excluding hydrogens is 514 g/mol. The van der Waals surface area contributed by atoms with Crippen molar-refractivity contribution in [3.8, 4) is 17.3 Å². The van der Waals surface area contributed by atoms with Crippen molar-refractivity contribution in [1.82, 2.24) is 24.8 Å². The number of imidazole rings is 1. The predicted molar refractivity (Wildman–Crippen MR) is 160 cm³/mol. The lowest BCUT2D eigenvalue weighted by Gasteiger charge is -2.29. The first-order valence-corrected chi connectivity index (χ1v) is 13.7. The Morgan fingerprint density at radius 1 is 1.02 bits per heavy atom. The number of carbonyl (C=O) groups excluding carboxylic acids is 1. The van der Waals surface area contributed by atoms with Gasteiger partial charge in [-0.25, -0.2) is 19.7 Å². The van der Waals surface area contributed by atoms with Crippen molar-refractivity contribution >= 4 is 17.7 Å². The number of hydrogen-bond donors (Lipinski definition) is 2. The molecule has 41 heavy (non-hydrogen) atoms. The molecule has 0 unspecified atom stereocenters. The van der Waals surface area contributed by atoms with Gasteiger partial charge in [0.15, 0.2) is 0 Å². The topological polar surface area (TPSA) is 118 Å². The molecule has 2 aromatic carbocycles. The van der Waals surface area contributed by atoms with Gasteiger partial charge in [-0.2, -0.15) is 5.26 Å². The van der Waals surface area contributed by atoms with Crippen LogP contribution in [0.2, 0.25) is 0 Å². The molecular formula is C32H37N7O2. The highest BCUT2D eigenvalue weighted by Gasteiger charge is 2.26. The number of carbonyl (C=O) groups is 1. The molecule has 2 heterocycles. The Bertz CT molecular complexity index is 1530. The van der Waals surface area contributed by atoms with Gasteiger partial charge in [0.25, 0.3) is 0 Å². The van der Waals surface area contributed by atoms with Gasteiger partial charge in [-0.3, -0.25) is 0 Å². The minimum atomic E-state index is -0.666. The number of aryl methyl sites for hydroxylation is 3. The maximum atomic E-state index is 12.3. The van der Waals surface area contributed by atoms with Crippen LogP contribution in [0.4, 0.5) is 16.4 Å². The van der Waals surface area contributed by atoms with Gasteiger partial charge < -0.3 is 19.9 Å². The summed E-state index contributed by atoms with van der Waals surface area (Å²) in [5.74, 6) is 1.49. The van der Waals surface area contributed by atoms with Crippen molar-refractivity contribution in [3.63, 3.8) is 0 Å². The number of alkyl carbamates (subject to hydrolysis) is 1. The average Bonchev–Trinajstić information content (AvgIpc) is 3.39. The van der Waals surface area contributed by atoms with Gasteiger partial charge in [-0.15, -0.1) is 0 Å². The van der Waals surface area contributed by atoms with Gasteiger partial charge in [0, 0.05) is 36.6 Å². The molecule has 0 aliphatic carbocycles. The van der Waals surface area contributed by atoms with Gasteiger partial charge in [0.05, 0.1) is 23.0 Å². The number of benzene rings is 2. The molecule has 0 aliphatic heterocycles. The van der Waals surface area contributed by atoms with Crippen LogP contribution >= 0.6 is 0 Å². The first-order valence-electron chi connectivity index (χ1n) is 13.7. The van der Waals surface area contributed by atoms with Crippen molar-refractivity contribution in [2.75, 3.05) is 5.32 Å². The molecule has 9 nitrogen and oxygen atoms in total. The summed E-state index contributed by atoms with van der Waals surface area (Å²) in [6, 6.07) is 18.0. The van der Waals surface area contributed by atoms with E-state index in [9.17, 15) is 10.1 Å². The van der Waals surface area contributed by atoms with E-state index in [4.69, 9.17) is 4.74 Å². The second kappa shape index (κ2) is 12.2. The Morgan fingerprint density at radius 2 is 1.73 bits per heavy atom. The molecule has 212 valence electrons. The summed E-state index contributed by atoms with van der Waals surface area (Å²) in [5, 5.41) is 15.9. The van der Waals surface area contributed by atoms with Crippen LogP contribution in [0.1, 0.15) is 64.1 Å². The van der Waals surface area contributed by atoms with E-state index in [0.29, 0.717) is 17.2 Å². The van der Waals surface area contributed by atoms with Crippen LogP contribution in [0.15, 0.2) is 67.1 Å². The van der Waals surface area contributed by atoms with E-state index < -0.39 is 17.2 Å². The Kier molecular flexibility index (Phi) is 8.72. The molecule has 0 saturated carbocycles. The minimum Gasteiger partial charge on any atom is -0.444 e. The number of hydrogen-bond acceptors (Lipinski definition) is 7. The molecule has 0 bridgehead atoms. The second-order valence-corrected chi connectivity index (χ2v) is 11.4. The lowest BCUT2D eigenvalue weighted by Crippen LogP contribution is -2.43. The highest BCUT2D eigenvalue weighted by molar-refractivity contribution is 5.70. The lowest BCUT2D eigenvalue weighted by atomic mass is 9.93. The Balaban J connectivity index is 1.45. The number of anilines is 2. The van der Waals surface area contributed by atoms with Crippen LogP contribution in [0, 0.1) is 11.3 Å². The number of aromatic nitrogens is 4. The van der Waals surface area contributed by atoms with Crippen LogP contribution in [0.5, 0.6) is 0 Å². The average molecular weight is 552 g/mol. The number of amides is 1. The fourth-order valence-electron chi connectivity index (χ4n) is 4.41. The Morgan fingerprint density at radius 3 is 2.37 bits per heavy atom. The summed E-state index contributed by atoms with van der Waals surface area (Å²) in [7, 11) is 0. The molecule has 4 rings (SSSR count). The molecule has 9 heteroatoms. The summed E-state index contributed by atoms with van der Waals surface area (Å²) >= 11 is 0. The zero-order valence-corrected chi connectivity index (χ0v) is 24.5. The highest BCUT2D eigenvalue weighted by Crippen LogP contribution is 2.27. The minimum absolute atomic E-state index is 0.371. The van der Waals surface area contributed by atoms with E-state index in [1.165, 1.54) is 11.8 Å². The van der Waals surface area contributed by atoms with Crippen LogP contribution in [0.25, 0.3) is 11.3 Å². The number of ether oxygens (including phenoxy) is 1. The van der Waals surface area contributed by atoms with E-state index in [2.05, 4.69) is 55.3 Å². The van der Waals surface area contributed by atoms with Crippen LogP contribution in [0.3, 0.4) is 0 Å². The van der Waals surface area contributed by atoms with Gasteiger partial charge in [-0.1, -0.05) is 43.3 Å². The van der Waals surface area contributed by atoms with Gasteiger partial charge in [0.2, 0.25) is 5.95 Å². The zero-order chi connectivity index (χ0) is 29.6. The van der Waals surface area contributed by atoms with Gasteiger partial charge in [0.1, 0.15) is 17.5 Å². The number of nitrogens with zero attached hydrogens (tertiary/aromatic N) is 5. The molecule has 0 aliphatic rings. The molecule has 1 amide bonds. The van der Waals surface area contributed by atoms with E-state index in [-0.39, 0.29) is 0 Å². The van der Waals surface area contributed by atoms with Crippen molar-refractivity contribution in [3.05, 3.63) is 89.6 Å². The van der Waals surface area contributed by atoms with Gasteiger partial charge >= 0.3 is 6.09 Å². The fourth-order valence-corrected chi connectivity index (χ4v) is 4.41. The quantitative estimate of drug-likeness (QED) is 0.243. The summed E-state index contributed by atoms with van der Waals surface area (Å²) in [4.78, 5) is 25.7. The van der Waals surface area contributed by atoms with Crippen LogP contribution in [-0.4, -0.2) is 31.2 Å². The fraction of sp³-hybridized carbons (Fsp3) is 0.344. The first kappa shape index (κ1) is 29.3. The molecule has 0 saturated heterocycles. The van der Waals surface area contributed by atoms with Crippen LogP contribution < -0.4 is 10.6 Å². The first-order chi connectivity index (χ1) is 19.5. The standard InChI is InChI=1S/C32H37N7O2/c1-7-27-34-17-19-39(27)18-16-22-8-14-26(15-9-22)36-29-35-21-24(20-33)28(37-29)23-10-12-25(13-11-23)32(5,6)38-30(40)41-31(2,3)4/h8-15,17,19,21H,7,16,18H2,1-6H3,(H,38,40)(H,35,36,37). The number of nitriles is 1. The van der Waals surface area contributed by atoms with Crippen molar-refractivity contribution in [2.24, 2.45) is 0 Å². The third kappa shape index (κ3) is 7.70. The molecule has 0 radical (unpaired) electrons. The largest absolute Gasteiger partial charge is 0.444 e. The molecule has 4 aromatic rings. The third-order valence-electron chi connectivity index (χ3n) is 6.57. The molecule has 0 fully saturated rings. The summed E-state index contributed by atoms with van der Waals surface area (Å²) in [6.45, 7) is 12.3. The number of nitrogens with one attached hydrogen (secondary N) is 2. The smallest absolute Gasteiger partial charge is 0.408 e. The monoisotopic (exact) mass is 551 g/mol. The lowest BCUT2D eigenvalue weighted by molar-refractivity contribution is 0.0470. The summed E-state index contributed by atoms with van der Waals surface area (Å²) in [5.41, 5.74) is 3.37. The highest BCUT2D eigenvalue weighted by atomic mass is 16.6. The molecule has 0 atom stereocenters. The summed E-state index contributed by atoms with van der Waals surface area (Å²) in [6.07, 6.45) is 6.72. The number of rotatable bonds is 9. The van der Waals surface area contributed by atoms with E-state index in [0.717, 1.165) is 42.0 Å². The Hall–Kier alpha value is -4.71. The molecule has 2 N–H and O–H groups in total. The SMILES string of the molecule is CCc1nccn1CCc1ccc(Nc2ncc(C#N)c(-c3ccc(C(C)(C)NC(=O)OC(C)(C)C)cc3)n2)cc1. The maximum absolute atomic E-state index is 12.3. The zero-order valence-electron chi connectivity index (χ0n) is 24.5. The van der Waals surface area contributed by atoms with Gasteiger partial charge in [-0.05, 0) is 64.3 Å². The normalized spacial score (nSPS) is 11.5. The molecule has 0 spiro atoms. The van der Waals surface area contributed by atoms with Crippen molar-refractivity contribution < 1.29 is 9.53 Å². The Labute approximate surface area is 241 Å². The van der Waals surface area contributed by atoms with E-state index >= 15 is 0 Å². The van der Waals surface area contributed by atoms with Crippen LogP contribution in [-0.2, 0) is 29.7 Å². The predicted octanol–water partition coefficient (Wildman–Crippen LogP) is 6.52. The summed E-state index contributed by atoms with van der Waals surface area (Å²) < 4.78 is 7.59. The van der Waals surface area contributed by atoms with E-state index in [1.807, 2.05) is 83.4 Å². The maximum Gasteiger partial charge on any atom is 0.408 e. The molecule has 2 aromatic heterocycles. The van der Waals surface area contributed by atoms with Crippen molar-refractivity contribution in [1.29, 1.82) is 5.26 Å². The van der Waals surface area contributed by atoms with E-state index in [1.54, 1.807) is 0 Å².